The van der Waals surface area contributed by atoms with Crippen LogP contribution < -0.4 is 0 Å². The Morgan fingerprint density at radius 1 is 1.25 bits per heavy atom. The second-order valence-electron chi connectivity index (χ2n) is 5.70. The molecule has 20 heavy (non-hydrogen) atoms. The van der Waals surface area contributed by atoms with E-state index in [2.05, 4.69) is 40.6 Å². The van der Waals surface area contributed by atoms with E-state index in [0.29, 0.717) is 6.04 Å². The van der Waals surface area contributed by atoms with E-state index in [1.807, 2.05) is 0 Å². The number of halogens is 1. The summed E-state index contributed by atoms with van der Waals surface area (Å²) in [4.78, 5) is 4.97. The van der Waals surface area contributed by atoms with Crippen LogP contribution >= 0.6 is 11.6 Å². The average Bonchev–Trinajstić information content (AvgIpc) is 2.80. The fourth-order valence-corrected chi connectivity index (χ4v) is 2.89. The van der Waals surface area contributed by atoms with Crippen LogP contribution in [-0.2, 0) is 6.54 Å². The summed E-state index contributed by atoms with van der Waals surface area (Å²) in [6.07, 6.45) is 4.46. The molecule has 114 valence electrons. The van der Waals surface area contributed by atoms with Gasteiger partial charge in [-0.3, -0.25) is 9.58 Å². The average molecular weight is 299 g/mol. The maximum atomic E-state index is 5.83. The first kappa shape index (κ1) is 15.8. The molecule has 0 saturated carbocycles. The van der Waals surface area contributed by atoms with Gasteiger partial charge in [-0.15, -0.1) is 11.6 Å². The summed E-state index contributed by atoms with van der Waals surface area (Å²) in [5.41, 5.74) is 1.19. The van der Waals surface area contributed by atoms with Crippen LogP contribution in [0.4, 0.5) is 0 Å². The molecule has 2 rings (SSSR count). The first-order valence-corrected chi connectivity index (χ1v) is 8.31. The van der Waals surface area contributed by atoms with E-state index >= 15 is 0 Å². The van der Waals surface area contributed by atoms with Crippen LogP contribution in [0.15, 0.2) is 12.3 Å². The third kappa shape index (κ3) is 4.47. The largest absolute Gasteiger partial charge is 0.301 e. The van der Waals surface area contributed by atoms with Crippen molar-refractivity contribution in [2.45, 2.75) is 39.3 Å². The Hall–Kier alpha value is -0.580. The van der Waals surface area contributed by atoms with E-state index in [0.717, 1.165) is 45.0 Å². The van der Waals surface area contributed by atoms with Gasteiger partial charge in [0.2, 0.25) is 0 Å². The van der Waals surface area contributed by atoms with Crippen molar-refractivity contribution in [1.29, 1.82) is 0 Å². The summed E-state index contributed by atoms with van der Waals surface area (Å²) in [5, 5.41) is 4.70. The van der Waals surface area contributed by atoms with Crippen molar-refractivity contribution in [3.05, 3.63) is 18.0 Å². The molecular weight excluding hydrogens is 272 g/mol. The first-order chi connectivity index (χ1) is 9.72. The highest BCUT2D eigenvalue weighted by Gasteiger charge is 2.15. The molecule has 0 spiro atoms. The van der Waals surface area contributed by atoms with Crippen LogP contribution in [0.1, 0.15) is 38.4 Å². The maximum Gasteiger partial charge on any atom is 0.0764 e. The molecule has 0 radical (unpaired) electrons. The van der Waals surface area contributed by atoms with Crippen molar-refractivity contribution in [2.24, 2.45) is 0 Å². The van der Waals surface area contributed by atoms with Crippen molar-refractivity contribution in [1.82, 2.24) is 19.6 Å². The molecule has 5 heteroatoms. The minimum absolute atomic E-state index is 0.493. The highest BCUT2D eigenvalue weighted by molar-refractivity contribution is 6.18. The molecule has 1 aliphatic heterocycles. The third-order valence-corrected chi connectivity index (χ3v) is 4.34. The van der Waals surface area contributed by atoms with Crippen LogP contribution in [-0.4, -0.2) is 58.2 Å². The Balaban J connectivity index is 1.85. The molecule has 1 atom stereocenters. The number of hydrogen-bond donors (Lipinski definition) is 0. The molecule has 1 aliphatic rings. The van der Waals surface area contributed by atoms with Gasteiger partial charge in [0.1, 0.15) is 0 Å². The summed E-state index contributed by atoms with van der Waals surface area (Å²) in [6, 6.07) is 2.65. The van der Waals surface area contributed by atoms with Gasteiger partial charge in [-0.25, -0.2) is 0 Å². The Bertz CT molecular complexity index is 393. The fraction of sp³-hybridized carbons (Fsp3) is 0.800. The van der Waals surface area contributed by atoms with Crippen LogP contribution in [0.3, 0.4) is 0 Å². The minimum Gasteiger partial charge on any atom is -0.301 e. The van der Waals surface area contributed by atoms with Gasteiger partial charge in [0.05, 0.1) is 5.69 Å². The maximum absolute atomic E-state index is 5.83. The molecule has 1 unspecified atom stereocenters. The summed E-state index contributed by atoms with van der Waals surface area (Å²) >= 11 is 5.83. The van der Waals surface area contributed by atoms with Crippen molar-refractivity contribution in [3.63, 3.8) is 0 Å². The molecule has 1 saturated heterocycles. The predicted octanol–water partition coefficient (Wildman–Crippen LogP) is 2.60. The van der Waals surface area contributed by atoms with Crippen molar-refractivity contribution < 1.29 is 0 Å². The second kappa shape index (κ2) is 8.01. The molecular formula is C15H27ClN4. The van der Waals surface area contributed by atoms with Gasteiger partial charge in [-0.1, -0.05) is 6.92 Å². The number of hydrogen-bond acceptors (Lipinski definition) is 3. The molecule has 4 nitrogen and oxygen atoms in total. The van der Waals surface area contributed by atoms with Gasteiger partial charge < -0.3 is 4.90 Å². The van der Waals surface area contributed by atoms with Gasteiger partial charge >= 0.3 is 0 Å². The number of nitrogens with zero attached hydrogens (tertiary/aromatic N) is 4. The van der Waals surface area contributed by atoms with Gasteiger partial charge in [0.25, 0.3) is 0 Å². The topological polar surface area (TPSA) is 24.3 Å². The molecule has 0 aliphatic carbocycles. The normalized spacial score (nSPS) is 19.9. The zero-order valence-electron chi connectivity index (χ0n) is 12.8. The lowest BCUT2D eigenvalue weighted by atomic mass is 10.3. The van der Waals surface area contributed by atoms with Crippen molar-refractivity contribution in [2.75, 3.05) is 38.6 Å². The van der Waals surface area contributed by atoms with E-state index in [4.69, 9.17) is 16.7 Å². The fourth-order valence-electron chi connectivity index (χ4n) is 2.65. The molecule has 0 amide bonds. The lowest BCUT2D eigenvalue weighted by molar-refractivity contribution is 0.255. The minimum atomic E-state index is 0.493. The Labute approximate surface area is 127 Å². The van der Waals surface area contributed by atoms with Gasteiger partial charge in [-0.2, -0.15) is 5.10 Å². The second-order valence-corrected chi connectivity index (χ2v) is 6.08. The molecule has 0 N–H and O–H groups in total. The summed E-state index contributed by atoms with van der Waals surface area (Å²) in [6.45, 7) is 11.0. The third-order valence-electron chi connectivity index (χ3n) is 4.17. The lowest BCUT2D eigenvalue weighted by Gasteiger charge is -2.20. The SMILES string of the molecule is CCC(C)n1ccc(CN2CCCN(CCCl)CC2)n1. The highest BCUT2D eigenvalue weighted by Crippen LogP contribution is 2.12. The number of alkyl halides is 1. The van der Waals surface area contributed by atoms with Gasteiger partial charge in [0, 0.05) is 44.3 Å². The Kier molecular flexibility index (Phi) is 6.33. The van der Waals surface area contributed by atoms with Gasteiger partial charge in [-0.05, 0) is 38.9 Å². The molecule has 1 aromatic heterocycles. The summed E-state index contributed by atoms with van der Waals surface area (Å²) in [7, 11) is 0. The lowest BCUT2D eigenvalue weighted by Crippen LogP contribution is -2.31. The predicted molar refractivity (Wildman–Crippen MR) is 84.3 cm³/mol. The number of rotatable bonds is 6. The highest BCUT2D eigenvalue weighted by atomic mass is 35.5. The smallest absolute Gasteiger partial charge is 0.0764 e. The Morgan fingerprint density at radius 3 is 2.75 bits per heavy atom. The molecule has 1 fully saturated rings. The van der Waals surface area contributed by atoms with Crippen LogP contribution in [0.5, 0.6) is 0 Å². The first-order valence-electron chi connectivity index (χ1n) is 7.77. The zero-order chi connectivity index (χ0) is 14.4. The molecule has 2 heterocycles. The van der Waals surface area contributed by atoms with Crippen molar-refractivity contribution in [3.8, 4) is 0 Å². The zero-order valence-corrected chi connectivity index (χ0v) is 13.5. The van der Waals surface area contributed by atoms with E-state index in [9.17, 15) is 0 Å². The van der Waals surface area contributed by atoms with E-state index in [1.165, 1.54) is 18.7 Å². The summed E-state index contributed by atoms with van der Waals surface area (Å²) < 4.78 is 2.09. The number of aromatic nitrogens is 2. The monoisotopic (exact) mass is 298 g/mol. The van der Waals surface area contributed by atoms with E-state index in [1.54, 1.807) is 0 Å². The standard InChI is InChI=1S/C15H27ClN4/c1-3-14(2)20-9-5-15(17-20)13-19-8-4-7-18(10-6-16)11-12-19/h5,9,14H,3-4,6-8,10-13H2,1-2H3. The van der Waals surface area contributed by atoms with Crippen LogP contribution in [0, 0.1) is 0 Å². The van der Waals surface area contributed by atoms with Gasteiger partial charge in [0.15, 0.2) is 0 Å². The Morgan fingerprint density at radius 2 is 2.00 bits per heavy atom. The van der Waals surface area contributed by atoms with Crippen LogP contribution in [0.2, 0.25) is 0 Å². The molecule has 0 bridgehead atoms. The van der Waals surface area contributed by atoms with E-state index < -0.39 is 0 Å². The molecule has 0 aromatic carbocycles. The quantitative estimate of drug-likeness (QED) is 0.755. The molecule has 1 aromatic rings. The summed E-state index contributed by atoms with van der Waals surface area (Å²) in [5.74, 6) is 0.735. The van der Waals surface area contributed by atoms with Crippen molar-refractivity contribution >= 4 is 11.6 Å². The van der Waals surface area contributed by atoms with E-state index in [-0.39, 0.29) is 0 Å². The van der Waals surface area contributed by atoms with Crippen LogP contribution in [0.25, 0.3) is 0 Å².